The molecule has 0 bridgehead atoms. The predicted molar refractivity (Wildman–Crippen MR) is 77.4 cm³/mol. The van der Waals surface area contributed by atoms with E-state index in [-0.39, 0.29) is 0 Å². The quantitative estimate of drug-likeness (QED) is 0.732. The molecule has 1 heterocycles. The smallest absolute Gasteiger partial charge is 0.0775 e. The maximum absolute atomic E-state index is 4.45. The maximum atomic E-state index is 4.45. The van der Waals surface area contributed by atoms with Crippen molar-refractivity contribution in [2.45, 2.75) is 26.6 Å². The Morgan fingerprint density at radius 3 is 2.00 bits per heavy atom. The van der Waals surface area contributed by atoms with E-state index in [1.54, 1.807) is 0 Å². The summed E-state index contributed by atoms with van der Waals surface area (Å²) in [4.78, 5) is 4.45. The number of hydrogen-bond acceptors (Lipinski definition) is 1. The van der Waals surface area contributed by atoms with Gasteiger partial charge in [0.05, 0.1) is 13.8 Å². The van der Waals surface area contributed by atoms with Gasteiger partial charge >= 0.3 is 0 Å². The van der Waals surface area contributed by atoms with E-state index in [0.29, 0.717) is 0 Å². The number of hydrogen-bond donors (Lipinski definition) is 0. The molecule has 0 atom stereocenters. The molecule has 1 nitrogen and oxygen atoms in total. The molecule has 0 fully saturated rings. The van der Waals surface area contributed by atoms with Crippen molar-refractivity contribution in [2.24, 2.45) is 0 Å². The summed E-state index contributed by atoms with van der Waals surface area (Å²) in [5, 5.41) is 1.49. The molecule has 0 amide bonds. The van der Waals surface area contributed by atoms with Crippen LogP contribution in [0.25, 0.3) is 11.3 Å². The summed E-state index contributed by atoms with van der Waals surface area (Å²) in [6, 6.07) is 13.1. The second kappa shape index (κ2) is 4.45. The molecular formula is C15H19NSi. The maximum Gasteiger partial charge on any atom is 0.0775 e. The molecule has 0 aliphatic carbocycles. The van der Waals surface area contributed by atoms with Crippen LogP contribution in [0.5, 0.6) is 0 Å². The second-order valence-electron chi connectivity index (χ2n) is 5.55. The Labute approximate surface area is 105 Å². The molecule has 0 unspecified atom stereocenters. The van der Waals surface area contributed by atoms with Crippen LogP contribution in [0.1, 0.15) is 5.56 Å². The third kappa shape index (κ3) is 2.83. The van der Waals surface area contributed by atoms with Crippen molar-refractivity contribution < 1.29 is 0 Å². The summed E-state index contributed by atoms with van der Waals surface area (Å²) in [5.41, 5.74) is 3.46. The second-order valence-corrected chi connectivity index (χ2v) is 10.6. The molecule has 2 rings (SSSR count). The molecule has 1 aromatic carbocycles. The van der Waals surface area contributed by atoms with Gasteiger partial charge in [0, 0.05) is 11.8 Å². The van der Waals surface area contributed by atoms with Crippen LogP contribution in [0, 0.1) is 6.92 Å². The fourth-order valence-corrected chi connectivity index (χ4v) is 2.95. The van der Waals surface area contributed by atoms with Gasteiger partial charge in [0.25, 0.3) is 0 Å². The van der Waals surface area contributed by atoms with E-state index in [1.165, 1.54) is 16.3 Å². The van der Waals surface area contributed by atoms with Gasteiger partial charge in [-0.05, 0) is 18.6 Å². The van der Waals surface area contributed by atoms with E-state index >= 15 is 0 Å². The van der Waals surface area contributed by atoms with Crippen molar-refractivity contribution in [1.29, 1.82) is 0 Å². The van der Waals surface area contributed by atoms with Crippen LogP contribution >= 0.6 is 0 Å². The molecule has 2 heteroatoms. The first-order valence-electron chi connectivity index (χ1n) is 6.00. The molecule has 0 saturated carbocycles. The average molecular weight is 241 g/mol. The molecule has 0 aliphatic heterocycles. The van der Waals surface area contributed by atoms with Crippen molar-refractivity contribution >= 4 is 13.3 Å². The van der Waals surface area contributed by atoms with E-state index in [9.17, 15) is 0 Å². The molecule has 0 saturated heterocycles. The SMILES string of the molecule is Cc1ccc(-c2ccc([Si](C)(C)C)cc2)nc1. The van der Waals surface area contributed by atoms with Gasteiger partial charge in [-0.25, -0.2) is 0 Å². The van der Waals surface area contributed by atoms with Gasteiger partial charge < -0.3 is 0 Å². The van der Waals surface area contributed by atoms with Crippen molar-refractivity contribution in [3.8, 4) is 11.3 Å². The highest BCUT2D eigenvalue weighted by molar-refractivity contribution is 6.88. The normalized spacial score (nSPS) is 11.5. The minimum absolute atomic E-state index is 1.05. The first-order valence-corrected chi connectivity index (χ1v) is 9.50. The van der Waals surface area contributed by atoms with Crippen molar-refractivity contribution in [2.75, 3.05) is 0 Å². The number of aromatic nitrogens is 1. The van der Waals surface area contributed by atoms with E-state index in [2.05, 4.69) is 67.9 Å². The van der Waals surface area contributed by atoms with Crippen LogP contribution in [-0.4, -0.2) is 13.1 Å². The van der Waals surface area contributed by atoms with Crippen LogP contribution in [0.2, 0.25) is 19.6 Å². The first kappa shape index (κ1) is 12.1. The van der Waals surface area contributed by atoms with Crippen molar-refractivity contribution in [1.82, 2.24) is 4.98 Å². The first-order chi connectivity index (χ1) is 7.97. The van der Waals surface area contributed by atoms with Gasteiger partial charge in [-0.3, -0.25) is 4.98 Å². The Morgan fingerprint density at radius 1 is 0.882 bits per heavy atom. The summed E-state index contributed by atoms with van der Waals surface area (Å²) in [6.07, 6.45) is 1.92. The van der Waals surface area contributed by atoms with Crippen LogP contribution < -0.4 is 5.19 Å². The number of aryl methyl sites for hydroxylation is 1. The molecule has 88 valence electrons. The van der Waals surface area contributed by atoms with Crippen LogP contribution in [0.3, 0.4) is 0 Å². The zero-order valence-electron chi connectivity index (χ0n) is 11.0. The topological polar surface area (TPSA) is 12.9 Å². The molecule has 0 aliphatic rings. The summed E-state index contributed by atoms with van der Waals surface area (Å²) >= 11 is 0. The Kier molecular flexibility index (Phi) is 3.16. The highest BCUT2D eigenvalue weighted by Gasteiger charge is 2.15. The van der Waals surface area contributed by atoms with E-state index in [1.807, 2.05) is 6.20 Å². The van der Waals surface area contributed by atoms with Crippen LogP contribution in [-0.2, 0) is 0 Å². The van der Waals surface area contributed by atoms with E-state index in [4.69, 9.17) is 0 Å². The molecule has 0 spiro atoms. The monoisotopic (exact) mass is 241 g/mol. The molecule has 2 aromatic rings. The average Bonchev–Trinajstić information content (AvgIpc) is 2.29. The molecular weight excluding hydrogens is 222 g/mol. The third-order valence-corrected chi connectivity index (χ3v) is 5.02. The van der Waals surface area contributed by atoms with Crippen molar-refractivity contribution in [3.63, 3.8) is 0 Å². The largest absolute Gasteiger partial charge is 0.256 e. The van der Waals surface area contributed by atoms with Crippen LogP contribution in [0.4, 0.5) is 0 Å². The van der Waals surface area contributed by atoms with Gasteiger partial charge in [-0.15, -0.1) is 0 Å². The zero-order valence-corrected chi connectivity index (χ0v) is 12.0. The Balaban J connectivity index is 2.33. The number of pyridine rings is 1. The fourth-order valence-electron chi connectivity index (χ4n) is 1.78. The van der Waals surface area contributed by atoms with Gasteiger partial charge in [-0.1, -0.05) is 55.2 Å². The van der Waals surface area contributed by atoms with Crippen LogP contribution in [0.15, 0.2) is 42.6 Å². The summed E-state index contributed by atoms with van der Waals surface area (Å²) in [7, 11) is -1.19. The lowest BCUT2D eigenvalue weighted by Crippen LogP contribution is -2.37. The van der Waals surface area contributed by atoms with Gasteiger partial charge in [-0.2, -0.15) is 0 Å². The van der Waals surface area contributed by atoms with Gasteiger partial charge in [0.1, 0.15) is 0 Å². The number of rotatable bonds is 2. The standard InChI is InChI=1S/C15H19NSi/c1-12-5-10-15(16-11-12)13-6-8-14(9-7-13)17(2,3)4/h5-11H,1-4H3. The Bertz CT molecular complexity index is 492. The van der Waals surface area contributed by atoms with Crippen molar-refractivity contribution in [3.05, 3.63) is 48.2 Å². The number of nitrogens with zero attached hydrogens (tertiary/aromatic N) is 1. The minimum Gasteiger partial charge on any atom is -0.256 e. The fraction of sp³-hybridized carbons (Fsp3) is 0.267. The predicted octanol–water partition coefficient (Wildman–Crippen LogP) is 3.60. The lowest BCUT2D eigenvalue weighted by atomic mass is 10.1. The Hall–Kier alpha value is -1.41. The van der Waals surface area contributed by atoms with Gasteiger partial charge in [0.2, 0.25) is 0 Å². The number of benzene rings is 1. The Morgan fingerprint density at radius 2 is 1.53 bits per heavy atom. The minimum atomic E-state index is -1.19. The molecule has 1 aromatic heterocycles. The molecule has 0 radical (unpaired) electrons. The third-order valence-electron chi connectivity index (χ3n) is 2.96. The highest BCUT2D eigenvalue weighted by atomic mass is 28.3. The summed E-state index contributed by atoms with van der Waals surface area (Å²) in [5.74, 6) is 0. The van der Waals surface area contributed by atoms with E-state index < -0.39 is 8.07 Å². The van der Waals surface area contributed by atoms with E-state index in [0.717, 1.165) is 5.69 Å². The lowest BCUT2D eigenvalue weighted by Gasteiger charge is -2.16. The molecule has 17 heavy (non-hydrogen) atoms. The highest BCUT2D eigenvalue weighted by Crippen LogP contribution is 2.16. The summed E-state index contributed by atoms with van der Waals surface area (Å²) < 4.78 is 0. The van der Waals surface area contributed by atoms with Gasteiger partial charge in [0.15, 0.2) is 0 Å². The zero-order chi connectivity index (χ0) is 12.5. The summed E-state index contributed by atoms with van der Waals surface area (Å²) in [6.45, 7) is 9.16. The lowest BCUT2D eigenvalue weighted by molar-refractivity contribution is 1.27. The molecule has 0 N–H and O–H groups in total.